The Balaban J connectivity index is 4.15. The Morgan fingerprint density at radius 3 is 2.33 bits per heavy atom. The zero-order chi connectivity index (χ0) is 16.4. The molecular formula is C15H35N3O2S. The monoisotopic (exact) mass is 321 g/mol. The summed E-state index contributed by atoms with van der Waals surface area (Å²) >= 11 is 0. The zero-order valence-corrected chi connectivity index (χ0v) is 15.4. The maximum absolute atomic E-state index is 12.2. The standard InChI is InChI=1S/C15H35N3O2S/c1-6-8-9-11-15(3,4)14-17-21(19,20)18(5)13-10-12-16-7-2/h16-17H,6-14H2,1-5H3. The van der Waals surface area contributed by atoms with Crippen molar-refractivity contribution in [2.24, 2.45) is 5.41 Å². The van der Waals surface area contributed by atoms with Gasteiger partial charge in [0.1, 0.15) is 0 Å². The third-order valence-electron chi connectivity index (χ3n) is 3.68. The van der Waals surface area contributed by atoms with Crippen LogP contribution in [-0.4, -0.2) is 45.9 Å². The summed E-state index contributed by atoms with van der Waals surface area (Å²) in [5.41, 5.74) is 0.00679. The lowest BCUT2D eigenvalue weighted by Crippen LogP contribution is -2.43. The van der Waals surface area contributed by atoms with Gasteiger partial charge in [-0.1, -0.05) is 47.0 Å². The van der Waals surface area contributed by atoms with Gasteiger partial charge in [0, 0.05) is 20.1 Å². The molecule has 0 radical (unpaired) electrons. The van der Waals surface area contributed by atoms with E-state index in [9.17, 15) is 8.42 Å². The number of unbranched alkanes of at least 4 members (excludes halogenated alkanes) is 2. The van der Waals surface area contributed by atoms with Crippen LogP contribution in [0, 0.1) is 5.41 Å². The minimum absolute atomic E-state index is 0.00679. The van der Waals surface area contributed by atoms with Crippen molar-refractivity contribution in [3.8, 4) is 0 Å². The van der Waals surface area contributed by atoms with Crippen LogP contribution in [0.3, 0.4) is 0 Å². The number of nitrogens with zero attached hydrogens (tertiary/aromatic N) is 1. The van der Waals surface area contributed by atoms with Gasteiger partial charge in [-0.15, -0.1) is 0 Å². The van der Waals surface area contributed by atoms with Gasteiger partial charge in [0.2, 0.25) is 0 Å². The van der Waals surface area contributed by atoms with Crippen molar-refractivity contribution in [3.05, 3.63) is 0 Å². The molecule has 0 aromatic heterocycles. The Morgan fingerprint density at radius 2 is 1.76 bits per heavy atom. The fourth-order valence-corrected chi connectivity index (χ4v) is 3.23. The molecule has 5 nitrogen and oxygen atoms in total. The molecule has 0 unspecified atom stereocenters. The number of nitrogens with one attached hydrogen (secondary N) is 2. The van der Waals surface area contributed by atoms with Crippen LogP contribution >= 0.6 is 0 Å². The maximum Gasteiger partial charge on any atom is 0.279 e. The van der Waals surface area contributed by atoms with Crippen molar-refractivity contribution >= 4 is 10.2 Å². The molecule has 0 heterocycles. The van der Waals surface area contributed by atoms with Crippen LogP contribution in [-0.2, 0) is 10.2 Å². The highest BCUT2D eigenvalue weighted by atomic mass is 32.2. The molecule has 0 aliphatic heterocycles. The summed E-state index contributed by atoms with van der Waals surface area (Å²) in [5.74, 6) is 0. The van der Waals surface area contributed by atoms with Crippen molar-refractivity contribution in [2.75, 3.05) is 33.2 Å². The maximum atomic E-state index is 12.2. The second-order valence-electron chi connectivity index (χ2n) is 6.48. The highest BCUT2D eigenvalue weighted by Gasteiger charge is 2.23. The van der Waals surface area contributed by atoms with Crippen molar-refractivity contribution in [1.82, 2.24) is 14.3 Å². The Labute approximate surface area is 132 Å². The summed E-state index contributed by atoms with van der Waals surface area (Å²) in [5, 5.41) is 3.20. The van der Waals surface area contributed by atoms with Crippen molar-refractivity contribution in [1.29, 1.82) is 0 Å². The fraction of sp³-hybridized carbons (Fsp3) is 1.00. The van der Waals surface area contributed by atoms with E-state index in [1.165, 1.54) is 17.1 Å². The summed E-state index contributed by atoms with van der Waals surface area (Å²) in [6, 6.07) is 0. The van der Waals surface area contributed by atoms with Crippen LogP contribution in [0.1, 0.15) is 59.8 Å². The van der Waals surface area contributed by atoms with E-state index in [1.807, 2.05) is 6.92 Å². The number of rotatable bonds is 13. The minimum atomic E-state index is -3.36. The largest absolute Gasteiger partial charge is 0.317 e. The minimum Gasteiger partial charge on any atom is -0.317 e. The predicted molar refractivity (Wildman–Crippen MR) is 90.6 cm³/mol. The van der Waals surface area contributed by atoms with Crippen LogP contribution in [0.15, 0.2) is 0 Å². The molecule has 0 bridgehead atoms. The van der Waals surface area contributed by atoms with E-state index in [4.69, 9.17) is 0 Å². The van der Waals surface area contributed by atoms with E-state index >= 15 is 0 Å². The Bertz CT molecular complexity index is 356. The summed E-state index contributed by atoms with van der Waals surface area (Å²) in [7, 11) is -1.72. The van der Waals surface area contributed by atoms with Crippen LogP contribution in [0.5, 0.6) is 0 Å². The van der Waals surface area contributed by atoms with Gasteiger partial charge in [-0.2, -0.15) is 12.7 Å². The van der Waals surface area contributed by atoms with E-state index in [2.05, 4.69) is 30.8 Å². The molecule has 6 heteroatoms. The van der Waals surface area contributed by atoms with Gasteiger partial charge in [-0.3, -0.25) is 0 Å². The van der Waals surface area contributed by atoms with Crippen molar-refractivity contribution in [3.63, 3.8) is 0 Å². The summed E-state index contributed by atoms with van der Waals surface area (Å²) in [4.78, 5) is 0. The first kappa shape index (κ1) is 20.8. The van der Waals surface area contributed by atoms with Gasteiger partial charge in [0.05, 0.1) is 0 Å². The molecule has 0 aromatic carbocycles. The summed E-state index contributed by atoms with van der Waals surface area (Å²) < 4.78 is 28.5. The molecule has 2 N–H and O–H groups in total. The highest BCUT2D eigenvalue weighted by molar-refractivity contribution is 7.87. The quantitative estimate of drug-likeness (QED) is 0.512. The molecule has 0 fully saturated rings. The second-order valence-corrected chi connectivity index (χ2v) is 8.34. The van der Waals surface area contributed by atoms with Crippen LogP contribution in [0.2, 0.25) is 0 Å². The lowest BCUT2D eigenvalue weighted by molar-refractivity contribution is 0.316. The molecule has 0 spiro atoms. The molecule has 0 saturated heterocycles. The third kappa shape index (κ3) is 10.2. The highest BCUT2D eigenvalue weighted by Crippen LogP contribution is 2.23. The van der Waals surface area contributed by atoms with E-state index in [0.717, 1.165) is 32.4 Å². The van der Waals surface area contributed by atoms with Crippen molar-refractivity contribution in [2.45, 2.75) is 59.8 Å². The van der Waals surface area contributed by atoms with Gasteiger partial charge in [-0.25, -0.2) is 4.72 Å². The Morgan fingerprint density at radius 1 is 1.10 bits per heavy atom. The number of hydrogen-bond donors (Lipinski definition) is 2. The molecule has 0 atom stereocenters. The third-order valence-corrected chi connectivity index (χ3v) is 5.19. The normalized spacial score (nSPS) is 13.0. The van der Waals surface area contributed by atoms with Gasteiger partial charge >= 0.3 is 0 Å². The van der Waals surface area contributed by atoms with Crippen LogP contribution in [0.4, 0.5) is 0 Å². The second kappa shape index (κ2) is 10.5. The molecule has 128 valence electrons. The van der Waals surface area contributed by atoms with Gasteiger partial charge in [-0.05, 0) is 31.3 Å². The summed E-state index contributed by atoms with van der Waals surface area (Å²) in [6.07, 6.45) is 5.43. The summed E-state index contributed by atoms with van der Waals surface area (Å²) in [6.45, 7) is 11.3. The molecule has 0 amide bonds. The average molecular weight is 322 g/mol. The van der Waals surface area contributed by atoms with E-state index < -0.39 is 10.2 Å². The van der Waals surface area contributed by atoms with E-state index in [1.54, 1.807) is 7.05 Å². The number of hydrogen-bond acceptors (Lipinski definition) is 3. The van der Waals surface area contributed by atoms with E-state index in [0.29, 0.717) is 13.1 Å². The fourth-order valence-electron chi connectivity index (χ4n) is 2.06. The molecule has 0 aliphatic carbocycles. The first-order chi connectivity index (χ1) is 9.75. The van der Waals surface area contributed by atoms with Gasteiger partial charge < -0.3 is 5.32 Å². The smallest absolute Gasteiger partial charge is 0.279 e. The molecule has 0 aromatic rings. The zero-order valence-electron chi connectivity index (χ0n) is 14.5. The predicted octanol–water partition coefficient (Wildman–Crippen LogP) is 2.36. The Hall–Kier alpha value is -0.170. The average Bonchev–Trinajstić information content (AvgIpc) is 2.41. The van der Waals surface area contributed by atoms with E-state index in [-0.39, 0.29) is 5.41 Å². The first-order valence-electron chi connectivity index (χ1n) is 8.17. The lowest BCUT2D eigenvalue weighted by Gasteiger charge is -2.26. The van der Waals surface area contributed by atoms with Gasteiger partial charge in [0.25, 0.3) is 10.2 Å². The Kier molecular flexibility index (Phi) is 10.5. The van der Waals surface area contributed by atoms with Crippen LogP contribution < -0.4 is 10.0 Å². The first-order valence-corrected chi connectivity index (χ1v) is 9.61. The molecule has 0 saturated carbocycles. The topological polar surface area (TPSA) is 61.4 Å². The molecule has 0 aliphatic rings. The van der Waals surface area contributed by atoms with Crippen molar-refractivity contribution < 1.29 is 8.42 Å². The SMILES string of the molecule is CCCCCC(C)(C)CNS(=O)(=O)N(C)CCCNCC. The molecule has 0 rings (SSSR count). The van der Waals surface area contributed by atoms with Gasteiger partial charge in [0.15, 0.2) is 0 Å². The molecule has 21 heavy (non-hydrogen) atoms. The lowest BCUT2D eigenvalue weighted by atomic mass is 9.87. The van der Waals surface area contributed by atoms with Crippen LogP contribution in [0.25, 0.3) is 0 Å². The molecular weight excluding hydrogens is 286 g/mol.